The van der Waals surface area contributed by atoms with Crippen molar-refractivity contribution in [3.63, 3.8) is 0 Å². The van der Waals surface area contributed by atoms with Crippen molar-refractivity contribution in [3.05, 3.63) is 48.3 Å². The Morgan fingerprint density at radius 2 is 2.00 bits per heavy atom. The average molecular weight is 325 g/mol. The quantitative estimate of drug-likeness (QED) is 0.907. The molecule has 0 spiro atoms. The fraction of sp³-hybridized carbons (Fsp3) is 0.368. The van der Waals surface area contributed by atoms with Crippen molar-refractivity contribution < 1.29 is 9.53 Å². The number of amides is 1. The van der Waals surface area contributed by atoms with Gasteiger partial charge in [0.25, 0.3) is 5.91 Å². The van der Waals surface area contributed by atoms with Gasteiger partial charge in [-0.1, -0.05) is 12.1 Å². The molecular formula is C19H23N3O2. The van der Waals surface area contributed by atoms with Gasteiger partial charge in [-0.15, -0.1) is 0 Å². The van der Waals surface area contributed by atoms with E-state index in [0.717, 1.165) is 43.1 Å². The summed E-state index contributed by atoms with van der Waals surface area (Å²) in [6.45, 7) is 4.23. The summed E-state index contributed by atoms with van der Waals surface area (Å²) < 4.78 is 5.62. The number of ether oxygens (including phenoxy) is 1. The van der Waals surface area contributed by atoms with Gasteiger partial charge in [0.15, 0.2) is 0 Å². The monoisotopic (exact) mass is 325 g/mol. The second-order valence-electron chi connectivity index (χ2n) is 5.87. The van der Waals surface area contributed by atoms with Crippen molar-refractivity contribution in [1.29, 1.82) is 0 Å². The van der Waals surface area contributed by atoms with E-state index in [1.165, 1.54) is 6.42 Å². The highest BCUT2D eigenvalue weighted by atomic mass is 16.5. The second kappa shape index (κ2) is 7.81. The number of likely N-dealkylation sites (tertiary alicyclic amines) is 1. The van der Waals surface area contributed by atoms with Crippen LogP contribution in [0, 0.1) is 0 Å². The van der Waals surface area contributed by atoms with E-state index in [9.17, 15) is 4.79 Å². The van der Waals surface area contributed by atoms with E-state index in [-0.39, 0.29) is 5.91 Å². The smallest absolute Gasteiger partial charge is 0.255 e. The molecule has 0 saturated carbocycles. The highest BCUT2D eigenvalue weighted by Gasteiger charge is 2.18. The first-order valence-electron chi connectivity index (χ1n) is 8.51. The van der Waals surface area contributed by atoms with E-state index in [4.69, 9.17) is 4.74 Å². The van der Waals surface area contributed by atoms with Crippen LogP contribution in [0.2, 0.25) is 0 Å². The number of nitrogens with one attached hydrogen (secondary N) is 1. The molecule has 24 heavy (non-hydrogen) atoms. The molecule has 0 bridgehead atoms. The lowest BCUT2D eigenvalue weighted by atomic mass is 10.1. The highest BCUT2D eigenvalue weighted by Crippen LogP contribution is 2.27. The third kappa shape index (κ3) is 3.85. The molecule has 2 heterocycles. The molecule has 1 saturated heterocycles. The van der Waals surface area contributed by atoms with Gasteiger partial charge in [0.1, 0.15) is 5.75 Å². The van der Waals surface area contributed by atoms with Crippen molar-refractivity contribution in [2.24, 2.45) is 0 Å². The predicted molar refractivity (Wildman–Crippen MR) is 94.9 cm³/mol. The number of benzene rings is 1. The average Bonchev–Trinajstić information content (AvgIpc) is 2.64. The first-order chi connectivity index (χ1) is 11.8. The van der Waals surface area contributed by atoms with Crippen molar-refractivity contribution >= 4 is 17.3 Å². The predicted octanol–water partition coefficient (Wildman–Crippen LogP) is 3.85. The molecule has 126 valence electrons. The van der Waals surface area contributed by atoms with Crippen LogP contribution in [0.15, 0.2) is 42.7 Å². The van der Waals surface area contributed by atoms with E-state index in [2.05, 4.69) is 10.3 Å². The molecule has 0 unspecified atom stereocenters. The van der Waals surface area contributed by atoms with Gasteiger partial charge in [-0.25, -0.2) is 0 Å². The lowest BCUT2D eigenvalue weighted by Gasteiger charge is -2.26. The van der Waals surface area contributed by atoms with Gasteiger partial charge in [0.2, 0.25) is 0 Å². The van der Waals surface area contributed by atoms with Crippen molar-refractivity contribution in [3.8, 4) is 5.75 Å². The number of carbonyl (C=O) groups excluding carboxylic acids is 1. The maximum absolute atomic E-state index is 12.6. The summed E-state index contributed by atoms with van der Waals surface area (Å²) in [5.41, 5.74) is 2.27. The fourth-order valence-corrected chi connectivity index (χ4v) is 2.91. The summed E-state index contributed by atoms with van der Waals surface area (Å²) in [6, 6.07) is 9.60. The van der Waals surface area contributed by atoms with Crippen LogP contribution < -0.4 is 10.1 Å². The van der Waals surface area contributed by atoms with Gasteiger partial charge >= 0.3 is 0 Å². The maximum atomic E-state index is 12.6. The Labute approximate surface area is 142 Å². The molecule has 1 N–H and O–H groups in total. The summed E-state index contributed by atoms with van der Waals surface area (Å²) in [5, 5.41) is 3.30. The Morgan fingerprint density at radius 1 is 1.21 bits per heavy atom. The van der Waals surface area contributed by atoms with Crippen molar-refractivity contribution in [2.75, 3.05) is 25.0 Å². The maximum Gasteiger partial charge on any atom is 0.255 e. The van der Waals surface area contributed by atoms with Gasteiger partial charge in [0, 0.05) is 19.3 Å². The third-order valence-corrected chi connectivity index (χ3v) is 4.09. The number of para-hydroxylation sites is 2. The molecular weight excluding hydrogens is 302 g/mol. The zero-order chi connectivity index (χ0) is 16.8. The summed E-state index contributed by atoms with van der Waals surface area (Å²) in [6.07, 6.45) is 6.72. The third-order valence-electron chi connectivity index (χ3n) is 4.09. The standard InChI is InChI=1S/C19H23N3O2/c1-2-24-18-9-5-4-8-17(18)21-16-12-15(13-20-14-16)19(23)22-10-6-3-7-11-22/h4-5,8-9,12-14,21H,2-3,6-7,10-11H2,1H3. The Morgan fingerprint density at radius 3 is 2.79 bits per heavy atom. The molecule has 5 heteroatoms. The lowest BCUT2D eigenvalue weighted by molar-refractivity contribution is 0.0724. The first kappa shape index (κ1) is 16.3. The van der Waals surface area contributed by atoms with Crippen LogP contribution in [0.4, 0.5) is 11.4 Å². The normalized spacial score (nSPS) is 14.3. The van der Waals surface area contributed by atoms with Crippen LogP contribution in [0.1, 0.15) is 36.5 Å². The molecule has 0 radical (unpaired) electrons. The Balaban J connectivity index is 1.77. The Kier molecular flexibility index (Phi) is 5.31. The minimum atomic E-state index is 0.0592. The number of rotatable bonds is 5. The van der Waals surface area contributed by atoms with Crippen molar-refractivity contribution in [2.45, 2.75) is 26.2 Å². The van der Waals surface area contributed by atoms with Crippen LogP contribution in [0.25, 0.3) is 0 Å². The molecule has 1 aliphatic rings. The van der Waals surface area contributed by atoms with Crippen LogP contribution in [0.3, 0.4) is 0 Å². The number of carbonyl (C=O) groups is 1. The van der Waals surface area contributed by atoms with E-state index in [0.29, 0.717) is 12.2 Å². The molecule has 2 aromatic rings. The van der Waals surface area contributed by atoms with Gasteiger partial charge < -0.3 is 15.0 Å². The first-order valence-corrected chi connectivity index (χ1v) is 8.51. The summed E-state index contributed by atoms with van der Waals surface area (Å²) in [7, 11) is 0. The van der Waals surface area contributed by atoms with Crippen LogP contribution in [0.5, 0.6) is 5.75 Å². The number of hydrogen-bond donors (Lipinski definition) is 1. The lowest BCUT2D eigenvalue weighted by Crippen LogP contribution is -2.35. The van der Waals surface area contributed by atoms with Gasteiger partial charge in [-0.2, -0.15) is 0 Å². The van der Waals surface area contributed by atoms with Gasteiger partial charge in [-0.3, -0.25) is 9.78 Å². The summed E-state index contributed by atoms with van der Waals surface area (Å²) in [4.78, 5) is 18.7. The minimum Gasteiger partial charge on any atom is -0.492 e. The molecule has 1 fully saturated rings. The molecule has 0 aliphatic carbocycles. The topological polar surface area (TPSA) is 54.5 Å². The van der Waals surface area contributed by atoms with Gasteiger partial charge in [-0.05, 0) is 44.4 Å². The number of pyridine rings is 1. The zero-order valence-electron chi connectivity index (χ0n) is 14.0. The van der Waals surface area contributed by atoms with E-state index >= 15 is 0 Å². The highest BCUT2D eigenvalue weighted by molar-refractivity contribution is 5.95. The Hall–Kier alpha value is -2.56. The fourth-order valence-electron chi connectivity index (χ4n) is 2.91. The molecule has 3 rings (SSSR count). The minimum absolute atomic E-state index is 0.0592. The largest absolute Gasteiger partial charge is 0.492 e. The number of aromatic nitrogens is 1. The molecule has 0 atom stereocenters. The molecule has 1 aromatic heterocycles. The van der Waals surface area contributed by atoms with Crippen LogP contribution >= 0.6 is 0 Å². The second-order valence-corrected chi connectivity index (χ2v) is 5.87. The molecule has 1 amide bonds. The van der Waals surface area contributed by atoms with Gasteiger partial charge in [0.05, 0.1) is 29.7 Å². The number of hydrogen-bond acceptors (Lipinski definition) is 4. The van der Waals surface area contributed by atoms with E-state index in [1.54, 1.807) is 12.4 Å². The number of nitrogens with zero attached hydrogens (tertiary/aromatic N) is 2. The summed E-state index contributed by atoms with van der Waals surface area (Å²) >= 11 is 0. The molecule has 5 nitrogen and oxygen atoms in total. The van der Waals surface area contributed by atoms with E-state index in [1.807, 2.05) is 42.2 Å². The molecule has 1 aliphatic heterocycles. The van der Waals surface area contributed by atoms with Crippen LogP contribution in [-0.4, -0.2) is 35.5 Å². The zero-order valence-corrected chi connectivity index (χ0v) is 14.0. The summed E-state index contributed by atoms with van der Waals surface area (Å²) in [5.74, 6) is 0.844. The molecule has 1 aromatic carbocycles. The number of piperidine rings is 1. The SMILES string of the molecule is CCOc1ccccc1Nc1cncc(C(=O)N2CCCCC2)c1. The Bertz CT molecular complexity index is 697. The van der Waals surface area contributed by atoms with Crippen LogP contribution in [-0.2, 0) is 0 Å². The van der Waals surface area contributed by atoms with E-state index < -0.39 is 0 Å². The van der Waals surface area contributed by atoms with Crippen molar-refractivity contribution in [1.82, 2.24) is 9.88 Å². The number of anilines is 2.